The second-order valence-electron chi connectivity index (χ2n) is 12.7. The molecule has 5 aromatic rings. The lowest BCUT2D eigenvalue weighted by Crippen LogP contribution is -2.32. The molecule has 2 atom stereocenters. The number of hydrogen-bond acceptors (Lipinski definition) is 10. The van der Waals surface area contributed by atoms with Crippen LogP contribution >= 0.6 is 92.8 Å². The number of benzene rings is 5. The van der Waals surface area contributed by atoms with Gasteiger partial charge in [-0.15, -0.1) is 0 Å². The molecule has 0 spiro atoms. The van der Waals surface area contributed by atoms with Crippen molar-refractivity contribution < 1.29 is 28.8 Å². The zero-order chi connectivity index (χ0) is 45.4. The van der Waals surface area contributed by atoms with Crippen molar-refractivity contribution in [1.82, 2.24) is 0 Å². The van der Waals surface area contributed by atoms with Gasteiger partial charge in [0, 0.05) is 10.0 Å². The molecule has 0 saturated heterocycles. The smallest absolute Gasteiger partial charge is 0.258 e. The van der Waals surface area contributed by atoms with Crippen LogP contribution in [-0.2, 0) is 19.2 Å². The predicted octanol–water partition coefficient (Wildman–Crippen LogP) is 12.8. The average molecular weight is 998 g/mol. The van der Waals surface area contributed by atoms with Gasteiger partial charge in [-0.05, 0) is 86.6 Å². The van der Waals surface area contributed by atoms with Crippen LogP contribution in [-0.4, -0.2) is 47.3 Å². The Hall–Kier alpha value is -5.16. The van der Waals surface area contributed by atoms with Gasteiger partial charge in [0.05, 0.1) is 64.0 Å². The Labute approximate surface area is 392 Å². The summed E-state index contributed by atoms with van der Waals surface area (Å²) in [7, 11) is 0. The number of carbonyl (C=O) groups excluding carboxylic acids is 6. The molecular weight excluding hydrogens is 972 g/mol. The van der Waals surface area contributed by atoms with Gasteiger partial charge < -0.3 is 21.3 Å². The highest BCUT2D eigenvalue weighted by Crippen LogP contribution is 2.35. The Balaban J connectivity index is 1.27. The van der Waals surface area contributed by atoms with E-state index in [4.69, 9.17) is 92.8 Å². The van der Waals surface area contributed by atoms with Crippen LogP contribution in [0.1, 0.15) is 34.6 Å². The summed E-state index contributed by atoms with van der Waals surface area (Å²) in [5.41, 5.74) is 0.271. The van der Waals surface area contributed by atoms with Gasteiger partial charge in [0.1, 0.15) is 11.4 Å². The number of azo groups is 2. The molecule has 0 aliphatic heterocycles. The van der Waals surface area contributed by atoms with Gasteiger partial charge >= 0.3 is 0 Å². The summed E-state index contributed by atoms with van der Waals surface area (Å²) in [5, 5.41) is 26.3. The molecule has 0 bridgehead atoms. The molecule has 0 aliphatic rings. The number of ketones is 2. The Morgan fingerprint density at radius 2 is 0.806 bits per heavy atom. The summed E-state index contributed by atoms with van der Waals surface area (Å²) in [4.78, 5) is 77.7. The van der Waals surface area contributed by atoms with Gasteiger partial charge in [-0.3, -0.25) is 28.8 Å². The van der Waals surface area contributed by atoms with E-state index in [-0.39, 0.29) is 75.4 Å². The number of nitrogens with zero attached hydrogens (tertiary/aromatic N) is 4. The SMILES string of the molecule is CC(=O)C(N=Nc1cccc(C(=O)Nc2ccc(Cl)cc2Cl)c1Cl)C(=O)Nc1cc(Cl)c(NC(=O)C(N=Nc2cccc(C(=O)Nc3ccc(Cl)cc3Cl)c2Cl)C(C)=O)cc1Cl. The van der Waals surface area contributed by atoms with E-state index in [1.807, 2.05) is 0 Å². The van der Waals surface area contributed by atoms with Crippen LogP contribution in [0.15, 0.2) is 105 Å². The minimum absolute atomic E-state index is 0.0117. The standard InChI is InChI=1S/C40H26Cl8N8O6/c1-17(57)35(55-53-29-7-3-5-21(33(29)47)37(59)49-27-11-9-19(41)13-23(27)43)39(61)51-31-15-26(46)32(16-25(31)45)52-40(62)36(18(2)58)56-54-30-8-4-6-22(34(30)48)38(60)50-28-12-10-20(42)14-24(28)44/h3-16,35-36H,1-2H3,(H,49,59)(H,50,60)(H,51,61)(H,52,62). The van der Waals surface area contributed by atoms with Gasteiger partial charge in [-0.25, -0.2) is 0 Å². The molecule has 4 amide bonds. The van der Waals surface area contributed by atoms with Crippen LogP contribution < -0.4 is 21.3 Å². The largest absolute Gasteiger partial charge is 0.322 e. The molecule has 0 radical (unpaired) electrons. The molecular formula is C40H26Cl8N8O6. The van der Waals surface area contributed by atoms with E-state index in [0.717, 1.165) is 13.8 Å². The summed E-state index contributed by atoms with van der Waals surface area (Å²) in [5.74, 6) is -4.65. The molecule has 5 aromatic carbocycles. The quantitative estimate of drug-likeness (QED) is 0.0630. The maximum atomic E-state index is 13.3. The molecule has 4 N–H and O–H groups in total. The number of halogens is 8. The van der Waals surface area contributed by atoms with E-state index in [2.05, 4.69) is 41.7 Å². The first-order valence-electron chi connectivity index (χ1n) is 17.4. The molecule has 0 aliphatic carbocycles. The van der Waals surface area contributed by atoms with Gasteiger partial charge in [-0.1, -0.05) is 105 Å². The van der Waals surface area contributed by atoms with Crippen molar-refractivity contribution in [2.45, 2.75) is 25.9 Å². The van der Waals surface area contributed by atoms with Gasteiger partial charge in [0.15, 0.2) is 11.6 Å². The van der Waals surface area contributed by atoms with Gasteiger partial charge in [-0.2, -0.15) is 20.5 Å². The van der Waals surface area contributed by atoms with E-state index in [1.165, 1.54) is 84.9 Å². The summed E-state index contributed by atoms with van der Waals surface area (Å²) < 4.78 is 0. The number of rotatable bonds is 14. The predicted molar refractivity (Wildman–Crippen MR) is 243 cm³/mol. The van der Waals surface area contributed by atoms with Crippen LogP contribution in [0.3, 0.4) is 0 Å². The molecule has 22 heteroatoms. The van der Waals surface area contributed by atoms with Crippen LogP contribution in [0.2, 0.25) is 40.2 Å². The summed E-state index contributed by atoms with van der Waals surface area (Å²) >= 11 is 50.0. The number of Topliss-reactive ketones (excluding diaryl/α,β-unsaturated/α-hetero) is 2. The Morgan fingerprint density at radius 3 is 1.15 bits per heavy atom. The topological polar surface area (TPSA) is 200 Å². The number of carbonyl (C=O) groups is 6. The lowest BCUT2D eigenvalue weighted by Gasteiger charge is -2.15. The van der Waals surface area contributed by atoms with Crippen LogP contribution in [0, 0.1) is 0 Å². The monoisotopic (exact) mass is 994 g/mol. The maximum Gasteiger partial charge on any atom is 0.258 e. The van der Waals surface area contributed by atoms with Crippen LogP contribution in [0.5, 0.6) is 0 Å². The average Bonchev–Trinajstić information content (AvgIpc) is 3.19. The number of anilines is 4. The highest BCUT2D eigenvalue weighted by atomic mass is 35.5. The third-order valence-corrected chi connectivity index (χ3v) is 10.7. The van der Waals surface area contributed by atoms with Gasteiger partial charge in [0.2, 0.25) is 12.1 Å². The highest BCUT2D eigenvalue weighted by Gasteiger charge is 2.27. The fraction of sp³-hybridized carbons (Fsp3) is 0.100. The normalized spacial score (nSPS) is 12.2. The van der Waals surface area contributed by atoms with E-state index in [9.17, 15) is 28.8 Å². The summed E-state index contributed by atoms with van der Waals surface area (Å²) in [6.45, 7) is 2.20. The second kappa shape index (κ2) is 21.3. The minimum Gasteiger partial charge on any atom is -0.322 e. The van der Waals surface area contributed by atoms with Crippen molar-refractivity contribution in [1.29, 1.82) is 0 Å². The highest BCUT2D eigenvalue weighted by molar-refractivity contribution is 6.40. The Morgan fingerprint density at radius 1 is 0.452 bits per heavy atom. The number of nitrogens with one attached hydrogen (secondary N) is 4. The van der Waals surface area contributed by atoms with E-state index in [0.29, 0.717) is 10.0 Å². The molecule has 62 heavy (non-hydrogen) atoms. The van der Waals surface area contributed by atoms with E-state index < -0.39 is 47.3 Å². The number of amides is 4. The molecule has 0 saturated carbocycles. The molecule has 0 aromatic heterocycles. The van der Waals surface area contributed by atoms with Crippen molar-refractivity contribution in [2.24, 2.45) is 20.5 Å². The molecule has 14 nitrogen and oxygen atoms in total. The van der Waals surface area contributed by atoms with Crippen molar-refractivity contribution in [3.63, 3.8) is 0 Å². The molecule has 0 heterocycles. The second-order valence-corrected chi connectivity index (χ2v) is 15.9. The van der Waals surface area contributed by atoms with Crippen LogP contribution in [0.4, 0.5) is 34.1 Å². The van der Waals surface area contributed by atoms with Crippen molar-refractivity contribution in [3.05, 3.63) is 136 Å². The van der Waals surface area contributed by atoms with E-state index in [1.54, 1.807) is 0 Å². The molecule has 318 valence electrons. The fourth-order valence-corrected chi connectivity index (χ4v) is 6.96. The third-order valence-electron chi connectivity index (χ3n) is 8.21. The van der Waals surface area contributed by atoms with E-state index >= 15 is 0 Å². The number of hydrogen-bond donors (Lipinski definition) is 4. The summed E-state index contributed by atoms with van der Waals surface area (Å²) in [6, 6.07) is 16.5. The lowest BCUT2D eigenvalue weighted by atomic mass is 10.1. The summed E-state index contributed by atoms with van der Waals surface area (Å²) in [6.07, 6.45) is 0. The first kappa shape index (κ1) is 47.9. The Kier molecular flexibility index (Phi) is 16.4. The van der Waals surface area contributed by atoms with Crippen molar-refractivity contribution in [2.75, 3.05) is 21.3 Å². The first-order chi connectivity index (χ1) is 29.3. The Bertz CT molecular complexity index is 2530. The minimum atomic E-state index is -1.71. The first-order valence-corrected chi connectivity index (χ1v) is 20.4. The zero-order valence-corrected chi connectivity index (χ0v) is 37.5. The molecule has 2 unspecified atom stereocenters. The maximum absolute atomic E-state index is 13.3. The van der Waals surface area contributed by atoms with Gasteiger partial charge in [0.25, 0.3) is 23.6 Å². The van der Waals surface area contributed by atoms with Crippen molar-refractivity contribution >= 4 is 162 Å². The fourth-order valence-electron chi connectivity index (χ4n) is 5.12. The van der Waals surface area contributed by atoms with Crippen molar-refractivity contribution in [3.8, 4) is 0 Å². The molecule has 5 rings (SSSR count). The van der Waals surface area contributed by atoms with Crippen LogP contribution in [0.25, 0.3) is 0 Å². The molecule has 0 fully saturated rings. The lowest BCUT2D eigenvalue weighted by molar-refractivity contribution is -0.127. The zero-order valence-electron chi connectivity index (χ0n) is 31.5. The third kappa shape index (κ3) is 12.1.